The summed E-state index contributed by atoms with van der Waals surface area (Å²) in [7, 11) is 0. The number of ether oxygens (including phenoxy) is 1. The average molecular weight is 238 g/mol. The van der Waals surface area contributed by atoms with Gasteiger partial charge < -0.3 is 20.9 Å². The molecular formula is C13H22N2O2. The first kappa shape index (κ1) is 14.0. The second kappa shape index (κ2) is 8.06. The number of benzene rings is 1. The van der Waals surface area contributed by atoms with Gasteiger partial charge in [-0.25, -0.2) is 0 Å². The van der Waals surface area contributed by atoms with E-state index in [1.165, 1.54) is 0 Å². The molecule has 0 amide bonds. The van der Waals surface area contributed by atoms with Crippen LogP contribution in [0.3, 0.4) is 0 Å². The maximum atomic E-state index is 9.66. The topological polar surface area (TPSA) is 67.5 Å². The van der Waals surface area contributed by atoms with Gasteiger partial charge in [-0.2, -0.15) is 0 Å². The summed E-state index contributed by atoms with van der Waals surface area (Å²) in [5.41, 5.74) is 6.52. The normalized spacial score (nSPS) is 12.4. The van der Waals surface area contributed by atoms with Crippen LogP contribution in [0.25, 0.3) is 0 Å². The number of hydrogen-bond donors (Lipinski definition) is 3. The number of nitrogens with two attached hydrogens (primary N) is 1. The molecule has 0 aliphatic rings. The van der Waals surface area contributed by atoms with Crippen LogP contribution in [0.4, 0.5) is 0 Å². The van der Waals surface area contributed by atoms with Gasteiger partial charge in [0, 0.05) is 6.54 Å². The van der Waals surface area contributed by atoms with Crippen LogP contribution in [0.5, 0.6) is 5.75 Å². The fourth-order valence-electron chi connectivity index (χ4n) is 1.45. The predicted octanol–water partition coefficient (Wildman–Crippen LogP) is 0.673. The molecule has 17 heavy (non-hydrogen) atoms. The molecule has 1 aromatic rings. The summed E-state index contributed by atoms with van der Waals surface area (Å²) in [6.45, 7) is 4.35. The highest BCUT2D eigenvalue weighted by molar-refractivity contribution is 5.27. The van der Waals surface area contributed by atoms with E-state index in [0.717, 1.165) is 24.3 Å². The molecule has 1 rings (SSSR count). The lowest BCUT2D eigenvalue weighted by atomic mass is 10.2. The Hall–Kier alpha value is -1.10. The highest BCUT2D eigenvalue weighted by Crippen LogP contribution is 2.12. The third-order valence-electron chi connectivity index (χ3n) is 2.37. The van der Waals surface area contributed by atoms with Crippen molar-refractivity contribution < 1.29 is 9.84 Å². The smallest absolute Gasteiger partial charge is 0.119 e. The summed E-state index contributed by atoms with van der Waals surface area (Å²) in [4.78, 5) is 0. The molecule has 0 aliphatic carbocycles. The van der Waals surface area contributed by atoms with Crippen molar-refractivity contribution >= 4 is 0 Å². The first-order valence-electron chi connectivity index (χ1n) is 6.00. The van der Waals surface area contributed by atoms with E-state index in [2.05, 4.69) is 5.32 Å². The Morgan fingerprint density at radius 1 is 1.47 bits per heavy atom. The van der Waals surface area contributed by atoms with Gasteiger partial charge in [-0.3, -0.25) is 0 Å². The number of nitrogens with one attached hydrogen (secondary N) is 1. The van der Waals surface area contributed by atoms with E-state index in [9.17, 15) is 5.11 Å². The van der Waals surface area contributed by atoms with Crippen LogP contribution in [0, 0.1) is 6.92 Å². The quantitative estimate of drug-likeness (QED) is 0.582. The molecule has 1 aromatic carbocycles. The van der Waals surface area contributed by atoms with Gasteiger partial charge >= 0.3 is 0 Å². The van der Waals surface area contributed by atoms with Gasteiger partial charge in [-0.1, -0.05) is 12.1 Å². The molecule has 4 nitrogen and oxygen atoms in total. The summed E-state index contributed by atoms with van der Waals surface area (Å²) in [6, 6.07) is 7.80. The van der Waals surface area contributed by atoms with Gasteiger partial charge in [0.25, 0.3) is 0 Å². The molecule has 4 N–H and O–H groups in total. The largest absolute Gasteiger partial charge is 0.491 e. The van der Waals surface area contributed by atoms with Crippen LogP contribution in [-0.4, -0.2) is 37.5 Å². The fourth-order valence-corrected chi connectivity index (χ4v) is 1.45. The second-order valence-corrected chi connectivity index (χ2v) is 4.13. The van der Waals surface area contributed by atoms with Crippen molar-refractivity contribution in [2.75, 3.05) is 26.2 Å². The Balaban J connectivity index is 2.17. The number of aryl methyl sites for hydroxylation is 1. The van der Waals surface area contributed by atoms with Crippen LogP contribution in [0.1, 0.15) is 12.0 Å². The van der Waals surface area contributed by atoms with Gasteiger partial charge in [-0.15, -0.1) is 0 Å². The number of hydrogen-bond acceptors (Lipinski definition) is 4. The monoisotopic (exact) mass is 238 g/mol. The Morgan fingerprint density at radius 3 is 3.00 bits per heavy atom. The Kier molecular flexibility index (Phi) is 6.62. The number of aliphatic hydroxyl groups excluding tert-OH is 1. The summed E-state index contributed by atoms with van der Waals surface area (Å²) in [5, 5.41) is 12.8. The molecule has 0 bridgehead atoms. The highest BCUT2D eigenvalue weighted by atomic mass is 16.5. The lowest BCUT2D eigenvalue weighted by Gasteiger charge is -2.13. The predicted molar refractivity (Wildman–Crippen MR) is 69.2 cm³/mol. The first-order chi connectivity index (χ1) is 8.22. The maximum absolute atomic E-state index is 9.66. The standard InChI is InChI=1S/C13H22N2O2/c1-11-4-2-5-13(8-11)17-10-12(16)9-15-7-3-6-14/h2,4-5,8,12,15-16H,3,6-7,9-10,14H2,1H3. The molecule has 0 fully saturated rings. The van der Waals surface area contributed by atoms with Crippen LogP contribution >= 0.6 is 0 Å². The van der Waals surface area contributed by atoms with Gasteiger partial charge in [0.2, 0.25) is 0 Å². The van der Waals surface area contributed by atoms with E-state index in [4.69, 9.17) is 10.5 Å². The second-order valence-electron chi connectivity index (χ2n) is 4.13. The molecular weight excluding hydrogens is 216 g/mol. The maximum Gasteiger partial charge on any atom is 0.119 e. The van der Waals surface area contributed by atoms with E-state index in [1.807, 2.05) is 31.2 Å². The fraction of sp³-hybridized carbons (Fsp3) is 0.538. The zero-order chi connectivity index (χ0) is 12.5. The zero-order valence-electron chi connectivity index (χ0n) is 10.4. The lowest BCUT2D eigenvalue weighted by Crippen LogP contribution is -2.32. The van der Waals surface area contributed by atoms with Crippen molar-refractivity contribution in [2.45, 2.75) is 19.4 Å². The zero-order valence-corrected chi connectivity index (χ0v) is 10.4. The lowest BCUT2D eigenvalue weighted by molar-refractivity contribution is 0.106. The van der Waals surface area contributed by atoms with Gasteiger partial charge in [-0.05, 0) is 44.1 Å². The van der Waals surface area contributed by atoms with Crippen LogP contribution in [-0.2, 0) is 0 Å². The molecule has 4 heteroatoms. The minimum Gasteiger partial charge on any atom is -0.491 e. The van der Waals surface area contributed by atoms with E-state index in [-0.39, 0.29) is 0 Å². The number of aliphatic hydroxyl groups is 1. The van der Waals surface area contributed by atoms with Gasteiger partial charge in [0.15, 0.2) is 0 Å². The molecule has 0 heterocycles. The van der Waals surface area contributed by atoms with E-state index in [0.29, 0.717) is 19.7 Å². The van der Waals surface area contributed by atoms with Crippen molar-refractivity contribution in [2.24, 2.45) is 5.73 Å². The van der Waals surface area contributed by atoms with Crippen LogP contribution < -0.4 is 15.8 Å². The van der Waals surface area contributed by atoms with Crippen molar-refractivity contribution in [3.63, 3.8) is 0 Å². The minimum absolute atomic E-state index is 0.305. The molecule has 0 radical (unpaired) electrons. The Bertz CT molecular complexity index is 318. The van der Waals surface area contributed by atoms with Gasteiger partial charge in [0.05, 0.1) is 0 Å². The van der Waals surface area contributed by atoms with Crippen molar-refractivity contribution in [3.8, 4) is 5.75 Å². The van der Waals surface area contributed by atoms with Crippen molar-refractivity contribution in [1.29, 1.82) is 0 Å². The molecule has 0 aliphatic heterocycles. The summed E-state index contributed by atoms with van der Waals surface area (Å²) >= 11 is 0. The van der Waals surface area contributed by atoms with Crippen molar-refractivity contribution in [1.82, 2.24) is 5.32 Å². The molecule has 0 saturated heterocycles. The van der Waals surface area contributed by atoms with E-state index in [1.54, 1.807) is 0 Å². The third-order valence-corrected chi connectivity index (χ3v) is 2.37. The Morgan fingerprint density at radius 2 is 2.29 bits per heavy atom. The summed E-state index contributed by atoms with van der Waals surface area (Å²) < 4.78 is 5.49. The SMILES string of the molecule is Cc1cccc(OCC(O)CNCCCN)c1. The molecule has 1 atom stereocenters. The molecule has 0 saturated carbocycles. The molecule has 96 valence electrons. The highest BCUT2D eigenvalue weighted by Gasteiger charge is 2.04. The van der Waals surface area contributed by atoms with Crippen molar-refractivity contribution in [3.05, 3.63) is 29.8 Å². The average Bonchev–Trinajstić information content (AvgIpc) is 2.32. The van der Waals surface area contributed by atoms with E-state index < -0.39 is 6.10 Å². The van der Waals surface area contributed by atoms with Crippen LogP contribution in [0.2, 0.25) is 0 Å². The summed E-state index contributed by atoms with van der Waals surface area (Å²) in [6.07, 6.45) is 0.430. The summed E-state index contributed by atoms with van der Waals surface area (Å²) in [5.74, 6) is 0.797. The first-order valence-corrected chi connectivity index (χ1v) is 6.00. The van der Waals surface area contributed by atoms with E-state index >= 15 is 0 Å². The van der Waals surface area contributed by atoms with Gasteiger partial charge in [0.1, 0.15) is 18.5 Å². The number of rotatable bonds is 8. The Labute approximate surface area is 103 Å². The minimum atomic E-state index is -0.492. The molecule has 1 unspecified atom stereocenters. The third kappa shape index (κ3) is 6.26. The molecule has 0 spiro atoms. The van der Waals surface area contributed by atoms with Crippen LogP contribution in [0.15, 0.2) is 24.3 Å². The molecule has 0 aromatic heterocycles.